The molecule has 0 aliphatic heterocycles. The van der Waals surface area contributed by atoms with Crippen LogP contribution >= 0.6 is 0 Å². The van der Waals surface area contributed by atoms with Crippen molar-refractivity contribution in [1.82, 2.24) is 4.57 Å². The zero-order valence-corrected chi connectivity index (χ0v) is 36.6. The van der Waals surface area contributed by atoms with Gasteiger partial charge < -0.3 is 9.47 Å². The lowest BCUT2D eigenvalue weighted by Crippen LogP contribution is -2.33. The van der Waals surface area contributed by atoms with E-state index < -0.39 is 0 Å². The summed E-state index contributed by atoms with van der Waals surface area (Å²) in [7, 11) is 0. The van der Waals surface area contributed by atoms with Gasteiger partial charge >= 0.3 is 0 Å². The monoisotopic (exact) mass is 822 g/mol. The molecule has 0 fully saturated rings. The van der Waals surface area contributed by atoms with Crippen LogP contribution in [0, 0.1) is 0 Å². The number of aromatic nitrogens is 1. The van der Waals surface area contributed by atoms with Crippen LogP contribution in [0.4, 0.5) is 11.4 Å². The third-order valence-corrected chi connectivity index (χ3v) is 13.1. The molecular weight excluding hydrogens is 773 g/mol. The van der Waals surface area contributed by atoms with Crippen LogP contribution in [0.5, 0.6) is 0 Å². The summed E-state index contributed by atoms with van der Waals surface area (Å²) in [6.45, 7) is 6.96. The van der Waals surface area contributed by atoms with Gasteiger partial charge in [0, 0.05) is 33.4 Å². The molecule has 9 aromatic carbocycles. The van der Waals surface area contributed by atoms with Gasteiger partial charge in [0.25, 0.3) is 0 Å². The van der Waals surface area contributed by atoms with Crippen LogP contribution in [0.2, 0.25) is 0 Å². The number of nitrogens with zero attached hydrogens (tertiary/aromatic N) is 2. The van der Waals surface area contributed by atoms with Crippen molar-refractivity contribution in [3.05, 3.63) is 242 Å². The van der Waals surface area contributed by atoms with Crippen molar-refractivity contribution in [2.75, 3.05) is 4.90 Å². The first kappa shape index (κ1) is 39.2. The van der Waals surface area contributed by atoms with Gasteiger partial charge in [-0.1, -0.05) is 203 Å². The highest BCUT2D eigenvalue weighted by atomic mass is 15.2. The third-order valence-electron chi connectivity index (χ3n) is 13.1. The maximum absolute atomic E-state index is 2.65. The maximum Gasteiger partial charge on any atom is 0.0632 e. The molecule has 1 aliphatic rings. The molecule has 1 aliphatic carbocycles. The molecule has 0 bridgehead atoms. The summed E-state index contributed by atoms with van der Waals surface area (Å²) in [6, 6.07) is 78.2. The Hall–Kier alpha value is -7.68. The van der Waals surface area contributed by atoms with Crippen molar-refractivity contribution in [2.24, 2.45) is 0 Å². The number of fused-ring (bicyclic) bond motifs is 4. The van der Waals surface area contributed by atoms with Crippen molar-refractivity contribution in [3.63, 3.8) is 0 Å². The fraction of sp³-hybridized carbons (Fsp3) is 0.0968. The van der Waals surface area contributed by atoms with Crippen molar-refractivity contribution >= 4 is 49.5 Å². The lowest BCUT2D eigenvalue weighted by molar-refractivity contribution is 0.590. The first-order valence-electron chi connectivity index (χ1n) is 22.5. The van der Waals surface area contributed by atoms with Crippen LogP contribution in [0.3, 0.4) is 0 Å². The number of allylic oxidation sites excluding steroid dienone is 2. The molecule has 0 spiro atoms. The fourth-order valence-electron chi connectivity index (χ4n) is 9.96. The van der Waals surface area contributed by atoms with E-state index in [0.29, 0.717) is 0 Å². The number of para-hydroxylation sites is 2. The molecule has 0 N–H and O–H groups in total. The molecule has 2 heteroatoms. The fourth-order valence-corrected chi connectivity index (χ4v) is 9.96. The summed E-state index contributed by atoms with van der Waals surface area (Å²) in [6.07, 6.45) is 7.82. The highest BCUT2D eigenvalue weighted by Crippen LogP contribution is 2.46. The molecule has 0 radical (unpaired) electrons. The summed E-state index contributed by atoms with van der Waals surface area (Å²) in [5.74, 6) is 0. The molecule has 1 unspecified atom stereocenters. The molecule has 2 nitrogen and oxygen atoms in total. The topological polar surface area (TPSA) is 8.17 Å². The summed E-state index contributed by atoms with van der Waals surface area (Å²) in [5, 5.41) is 5.02. The summed E-state index contributed by atoms with van der Waals surface area (Å²) < 4.78 is 2.39. The first-order chi connectivity index (χ1) is 31.4. The minimum atomic E-state index is -0.0584. The van der Waals surface area contributed by atoms with Crippen molar-refractivity contribution in [3.8, 4) is 39.1 Å². The van der Waals surface area contributed by atoms with Crippen LogP contribution in [0.15, 0.2) is 231 Å². The molecule has 0 saturated heterocycles. The minimum Gasteiger partial charge on any atom is -0.333 e. The van der Waals surface area contributed by atoms with Gasteiger partial charge in [-0.05, 0) is 116 Å². The van der Waals surface area contributed by atoms with Gasteiger partial charge in [-0.2, -0.15) is 0 Å². The van der Waals surface area contributed by atoms with E-state index in [1.54, 1.807) is 0 Å². The van der Waals surface area contributed by atoms with Gasteiger partial charge in [0.15, 0.2) is 0 Å². The number of hydrogen-bond donors (Lipinski definition) is 0. The van der Waals surface area contributed by atoms with Crippen molar-refractivity contribution < 1.29 is 0 Å². The second-order valence-corrected chi connectivity index (χ2v) is 18.1. The molecule has 1 atom stereocenters. The van der Waals surface area contributed by atoms with Gasteiger partial charge in [0.2, 0.25) is 0 Å². The zero-order chi connectivity index (χ0) is 43.2. The Morgan fingerprint density at radius 2 is 1.11 bits per heavy atom. The Morgan fingerprint density at radius 3 is 1.86 bits per heavy atom. The average molecular weight is 823 g/mol. The van der Waals surface area contributed by atoms with Crippen LogP contribution < -0.4 is 4.90 Å². The highest BCUT2D eigenvalue weighted by Gasteiger charge is 2.31. The van der Waals surface area contributed by atoms with Crippen LogP contribution in [-0.4, -0.2) is 10.6 Å². The van der Waals surface area contributed by atoms with E-state index in [1.165, 1.54) is 94.0 Å². The molecule has 10 aromatic rings. The SMILES string of the molecule is CC(C)(C)c1ccc(-c2ccccc2)c(N(c2cccc(-c3ccc4c(c3)c3ccccc3n4-c3ccccc3)c2)C2CC=CC=C2c2cccc3cccc(-c4ccccc4)c23)c1. The van der Waals surface area contributed by atoms with E-state index in [4.69, 9.17) is 0 Å². The van der Waals surface area contributed by atoms with Gasteiger partial charge in [-0.3, -0.25) is 0 Å². The second-order valence-electron chi connectivity index (χ2n) is 18.1. The molecule has 308 valence electrons. The predicted octanol–water partition coefficient (Wildman–Crippen LogP) is 16.8. The Bertz CT molecular complexity index is 3380. The van der Waals surface area contributed by atoms with E-state index >= 15 is 0 Å². The Balaban J connectivity index is 1.13. The summed E-state index contributed by atoms with van der Waals surface area (Å²) in [5.41, 5.74) is 17.0. The van der Waals surface area contributed by atoms with E-state index in [2.05, 4.69) is 261 Å². The van der Waals surface area contributed by atoms with E-state index in [0.717, 1.165) is 12.1 Å². The standard InChI is InChI=1S/C62H50N2/c1-62(2,3)48-37-38-51(43-20-7-4-8-21-43)60(42-48)64(57-34-15-13-30-53(57)55-33-19-25-45-24-18-32-52(61(45)55)44-22-9-5-10-23-44)50-29-17-26-46(40-50)47-36-39-59-56(41-47)54-31-14-16-35-58(54)63(59)49-27-11-6-12-28-49/h4-33,35-42,57H,34H2,1-3H3. The lowest BCUT2D eigenvalue weighted by atomic mass is 9.83. The summed E-state index contributed by atoms with van der Waals surface area (Å²) in [4.78, 5) is 2.65. The van der Waals surface area contributed by atoms with Crippen LogP contribution in [-0.2, 0) is 5.41 Å². The van der Waals surface area contributed by atoms with E-state index in [-0.39, 0.29) is 11.5 Å². The number of benzene rings is 9. The van der Waals surface area contributed by atoms with E-state index in [9.17, 15) is 0 Å². The van der Waals surface area contributed by atoms with Crippen molar-refractivity contribution in [2.45, 2.75) is 38.6 Å². The Kier molecular flexibility index (Phi) is 9.93. The largest absolute Gasteiger partial charge is 0.333 e. The quantitative estimate of drug-likeness (QED) is 0.148. The predicted molar refractivity (Wildman–Crippen MR) is 274 cm³/mol. The van der Waals surface area contributed by atoms with Gasteiger partial charge in [-0.15, -0.1) is 0 Å². The van der Waals surface area contributed by atoms with Gasteiger partial charge in [0.1, 0.15) is 0 Å². The molecule has 64 heavy (non-hydrogen) atoms. The minimum absolute atomic E-state index is 0.0151. The molecule has 11 rings (SSSR count). The number of rotatable bonds is 8. The number of anilines is 2. The van der Waals surface area contributed by atoms with Gasteiger partial charge in [0.05, 0.1) is 17.1 Å². The zero-order valence-electron chi connectivity index (χ0n) is 36.6. The highest BCUT2D eigenvalue weighted by molar-refractivity contribution is 6.11. The van der Waals surface area contributed by atoms with Gasteiger partial charge in [-0.25, -0.2) is 0 Å². The van der Waals surface area contributed by atoms with Crippen LogP contribution in [0.25, 0.3) is 77.2 Å². The molecular formula is C62H50N2. The smallest absolute Gasteiger partial charge is 0.0632 e. The van der Waals surface area contributed by atoms with Crippen LogP contribution in [0.1, 0.15) is 38.3 Å². The summed E-state index contributed by atoms with van der Waals surface area (Å²) >= 11 is 0. The maximum atomic E-state index is 2.65. The third kappa shape index (κ3) is 7.02. The first-order valence-corrected chi connectivity index (χ1v) is 22.5. The molecule has 1 aromatic heterocycles. The van der Waals surface area contributed by atoms with Crippen molar-refractivity contribution in [1.29, 1.82) is 0 Å². The molecule has 0 amide bonds. The second kappa shape index (κ2) is 16.2. The lowest BCUT2D eigenvalue weighted by Gasteiger charge is -2.39. The molecule has 1 heterocycles. The normalized spacial score (nSPS) is 14.0. The average Bonchev–Trinajstić information content (AvgIpc) is 3.68. The molecule has 0 saturated carbocycles. The number of hydrogen-bond acceptors (Lipinski definition) is 1. The Labute approximate surface area is 376 Å². The van der Waals surface area contributed by atoms with E-state index in [1.807, 2.05) is 0 Å². The Morgan fingerprint density at radius 1 is 0.484 bits per heavy atom.